The second kappa shape index (κ2) is 8.90. The quantitative estimate of drug-likeness (QED) is 0.768. The first-order chi connectivity index (χ1) is 13.1. The number of aromatic nitrogens is 1. The van der Waals surface area contributed by atoms with Crippen molar-refractivity contribution < 1.29 is 4.79 Å². The molecule has 0 spiro atoms. The monoisotopic (exact) mass is 383 g/mol. The summed E-state index contributed by atoms with van der Waals surface area (Å²) in [5.74, 6) is 1.19. The van der Waals surface area contributed by atoms with Gasteiger partial charge >= 0.3 is 0 Å². The van der Waals surface area contributed by atoms with Gasteiger partial charge in [0, 0.05) is 30.2 Å². The molecule has 2 N–H and O–H groups in total. The van der Waals surface area contributed by atoms with Crippen LogP contribution in [-0.4, -0.2) is 39.4 Å². The molecule has 1 aromatic heterocycles. The largest absolute Gasteiger partial charge is 0.325 e. The molecule has 7 heteroatoms. The van der Waals surface area contributed by atoms with Crippen molar-refractivity contribution in [2.75, 3.05) is 17.6 Å². The first-order valence-corrected chi connectivity index (χ1v) is 10.2. The van der Waals surface area contributed by atoms with E-state index >= 15 is 0 Å². The van der Waals surface area contributed by atoms with Crippen molar-refractivity contribution in [2.24, 2.45) is 5.10 Å². The van der Waals surface area contributed by atoms with Gasteiger partial charge in [0.25, 0.3) is 0 Å². The van der Waals surface area contributed by atoms with E-state index in [0.717, 1.165) is 35.6 Å². The Hall–Kier alpha value is -2.54. The van der Waals surface area contributed by atoms with Gasteiger partial charge in [-0.05, 0) is 49.6 Å². The van der Waals surface area contributed by atoms with Crippen LogP contribution in [0.5, 0.6) is 0 Å². The van der Waals surface area contributed by atoms with Crippen LogP contribution in [0.2, 0.25) is 0 Å². The Morgan fingerprint density at radius 1 is 1.33 bits per heavy atom. The zero-order chi connectivity index (χ0) is 19.2. The Balaban J connectivity index is 1.56. The number of hydrazone groups is 1. The molecule has 0 fully saturated rings. The summed E-state index contributed by atoms with van der Waals surface area (Å²) >= 11 is 1.52. The average Bonchev–Trinajstić information content (AvgIpc) is 3.11. The highest BCUT2D eigenvalue weighted by atomic mass is 32.2. The van der Waals surface area contributed by atoms with Gasteiger partial charge < -0.3 is 10.2 Å². The summed E-state index contributed by atoms with van der Waals surface area (Å²) in [4.78, 5) is 18.7. The van der Waals surface area contributed by atoms with Gasteiger partial charge in [-0.15, -0.1) is 11.8 Å². The number of pyridine rings is 1. The molecule has 0 saturated heterocycles. The summed E-state index contributed by atoms with van der Waals surface area (Å²) in [5, 5.41) is 7.44. The first-order valence-electron chi connectivity index (χ1n) is 9.13. The number of anilines is 1. The van der Waals surface area contributed by atoms with Crippen LogP contribution in [0.1, 0.15) is 30.5 Å². The molecule has 0 aliphatic carbocycles. The van der Waals surface area contributed by atoms with Crippen LogP contribution in [0.25, 0.3) is 0 Å². The first kappa shape index (κ1) is 19.2. The van der Waals surface area contributed by atoms with Crippen LogP contribution in [0.4, 0.5) is 5.69 Å². The van der Waals surface area contributed by atoms with Gasteiger partial charge in [0.15, 0.2) is 11.3 Å². The van der Waals surface area contributed by atoms with Gasteiger partial charge in [-0.1, -0.05) is 19.1 Å². The van der Waals surface area contributed by atoms with Crippen LogP contribution in [0.15, 0.2) is 47.8 Å². The fourth-order valence-electron chi connectivity index (χ4n) is 2.96. The van der Waals surface area contributed by atoms with E-state index in [-0.39, 0.29) is 11.4 Å². The fourth-order valence-corrected chi connectivity index (χ4v) is 3.89. The lowest BCUT2D eigenvalue weighted by atomic mass is 10.1. The number of amidine groups is 1. The van der Waals surface area contributed by atoms with Crippen LogP contribution in [-0.2, 0) is 11.2 Å². The number of thioether (sulfide) groups is 1. The van der Waals surface area contributed by atoms with E-state index in [1.807, 2.05) is 25.1 Å². The van der Waals surface area contributed by atoms with Gasteiger partial charge in [-0.25, -0.2) is 0 Å². The molecule has 1 aliphatic heterocycles. The fraction of sp³-hybridized carbons (Fsp3) is 0.350. The summed E-state index contributed by atoms with van der Waals surface area (Å²) in [7, 11) is 0. The minimum atomic E-state index is -0.0699. The zero-order valence-electron chi connectivity index (χ0n) is 15.9. The van der Waals surface area contributed by atoms with Gasteiger partial charge in [0.05, 0.1) is 5.75 Å². The standard InChI is InChI=1S/C20H25N5OS/c1-4-15-8-9-17(14(3)11-15)22-18(26)13-27-20-24-23-19(25(20)5-2)16-7-6-10-21-12-16/h6-12,20,24H,4-5,13H2,1-3H3,(H,22,26). The highest BCUT2D eigenvalue weighted by molar-refractivity contribution is 8.00. The molecule has 3 rings (SSSR count). The number of hydrogen-bond acceptors (Lipinski definition) is 6. The van der Waals surface area contributed by atoms with Gasteiger partial charge in [0.1, 0.15) is 0 Å². The number of nitrogens with one attached hydrogen (secondary N) is 2. The van der Waals surface area contributed by atoms with Gasteiger partial charge in [0.2, 0.25) is 5.91 Å². The second-order valence-corrected chi connectivity index (χ2v) is 7.38. The molecule has 0 radical (unpaired) electrons. The van der Waals surface area contributed by atoms with E-state index < -0.39 is 0 Å². The topological polar surface area (TPSA) is 69.6 Å². The van der Waals surface area contributed by atoms with E-state index in [2.05, 4.69) is 51.7 Å². The minimum Gasteiger partial charge on any atom is -0.325 e. The van der Waals surface area contributed by atoms with Gasteiger partial charge in [-0.2, -0.15) is 5.10 Å². The zero-order valence-corrected chi connectivity index (χ0v) is 16.7. The maximum absolute atomic E-state index is 12.4. The molecular formula is C20H25N5OS. The molecule has 1 amide bonds. The summed E-state index contributed by atoms with van der Waals surface area (Å²) in [6, 6.07) is 10.0. The second-order valence-electron chi connectivity index (χ2n) is 6.31. The number of rotatable bonds is 7. The predicted octanol–water partition coefficient (Wildman–Crippen LogP) is 3.19. The third kappa shape index (κ3) is 4.60. The molecular weight excluding hydrogens is 358 g/mol. The van der Waals surface area contributed by atoms with Crippen LogP contribution in [0.3, 0.4) is 0 Å². The molecule has 27 heavy (non-hydrogen) atoms. The third-order valence-electron chi connectivity index (χ3n) is 4.44. The molecule has 142 valence electrons. The molecule has 6 nitrogen and oxygen atoms in total. The molecule has 0 saturated carbocycles. The normalized spacial score (nSPS) is 16.0. The Morgan fingerprint density at radius 2 is 2.19 bits per heavy atom. The lowest BCUT2D eigenvalue weighted by molar-refractivity contribution is -0.113. The minimum absolute atomic E-state index is 0.0139. The summed E-state index contributed by atoms with van der Waals surface area (Å²) in [5.41, 5.74) is 7.25. The number of benzene rings is 1. The maximum Gasteiger partial charge on any atom is 0.234 e. The lowest BCUT2D eigenvalue weighted by Gasteiger charge is -2.25. The smallest absolute Gasteiger partial charge is 0.234 e. The van der Waals surface area contributed by atoms with Crippen molar-refractivity contribution in [3.63, 3.8) is 0 Å². The van der Waals surface area contributed by atoms with Gasteiger partial charge in [-0.3, -0.25) is 15.2 Å². The van der Waals surface area contributed by atoms with Crippen molar-refractivity contribution in [1.29, 1.82) is 0 Å². The summed E-state index contributed by atoms with van der Waals surface area (Å²) in [6.07, 6.45) is 4.53. The van der Waals surface area contributed by atoms with Crippen molar-refractivity contribution in [3.8, 4) is 0 Å². The lowest BCUT2D eigenvalue weighted by Crippen LogP contribution is -2.38. The summed E-state index contributed by atoms with van der Waals surface area (Å²) in [6.45, 7) is 7.01. The van der Waals surface area contributed by atoms with Crippen molar-refractivity contribution in [3.05, 3.63) is 59.4 Å². The highest BCUT2D eigenvalue weighted by Gasteiger charge is 2.28. The molecule has 1 atom stereocenters. The third-order valence-corrected chi connectivity index (χ3v) is 5.55. The molecule has 1 aromatic carbocycles. The maximum atomic E-state index is 12.4. The van der Waals surface area contributed by atoms with E-state index in [9.17, 15) is 4.79 Å². The Labute approximate surface area is 164 Å². The Morgan fingerprint density at radius 3 is 2.85 bits per heavy atom. The Kier molecular flexibility index (Phi) is 6.34. The van der Waals surface area contributed by atoms with E-state index in [0.29, 0.717) is 5.75 Å². The average molecular weight is 384 g/mol. The van der Waals surface area contributed by atoms with Crippen LogP contribution < -0.4 is 10.7 Å². The molecule has 1 unspecified atom stereocenters. The van der Waals surface area contributed by atoms with Crippen LogP contribution in [0, 0.1) is 6.92 Å². The predicted molar refractivity (Wildman–Crippen MR) is 112 cm³/mol. The number of carbonyl (C=O) groups is 1. The summed E-state index contributed by atoms with van der Waals surface area (Å²) < 4.78 is 0. The van der Waals surface area contributed by atoms with Crippen molar-refractivity contribution in [2.45, 2.75) is 32.7 Å². The number of hydrogen-bond donors (Lipinski definition) is 2. The number of amides is 1. The SMILES string of the molecule is CCc1ccc(NC(=O)CSC2NN=C(c3cccnc3)N2CC)c(C)c1. The van der Waals surface area contributed by atoms with E-state index in [1.165, 1.54) is 17.3 Å². The Bertz CT molecular complexity index is 824. The number of nitrogens with zero attached hydrogens (tertiary/aromatic N) is 3. The molecule has 2 heterocycles. The van der Waals surface area contributed by atoms with Crippen molar-refractivity contribution in [1.82, 2.24) is 15.3 Å². The van der Waals surface area contributed by atoms with E-state index in [4.69, 9.17) is 0 Å². The number of carbonyl (C=O) groups excluding carboxylic acids is 1. The van der Waals surface area contributed by atoms with Crippen molar-refractivity contribution >= 4 is 29.2 Å². The number of aryl methyl sites for hydroxylation is 2. The molecule has 2 aromatic rings. The molecule has 0 bridgehead atoms. The highest BCUT2D eigenvalue weighted by Crippen LogP contribution is 2.22. The van der Waals surface area contributed by atoms with Crippen LogP contribution >= 0.6 is 11.8 Å². The molecule has 1 aliphatic rings. The van der Waals surface area contributed by atoms with E-state index in [1.54, 1.807) is 12.4 Å².